The fourth-order valence-electron chi connectivity index (χ4n) is 2.12. The molecule has 0 spiro atoms. The van der Waals surface area contributed by atoms with Gasteiger partial charge in [0.25, 0.3) is 5.69 Å². The van der Waals surface area contributed by atoms with Crippen LogP contribution in [0.5, 0.6) is 0 Å². The normalized spacial score (nSPS) is 20.4. The molecule has 0 radical (unpaired) electrons. The van der Waals surface area contributed by atoms with Crippen molar-refractivity contribution in [3.63, 3.8) is 0 Å². The van der Waals surface area contributed by atoms with Gasteiger partial charge >= 0.3 is 0 Å². The van der Waals surface area contributed by atoms with E-state index in [1.54, 1.807) is 6.07 Å². The van der Waals surface area contributed by atoms with Crippen molar-refractivity contribution in [2.24, 2.45) is 5.73 Å². The van der Waals surface area contributed by atoms with Gasteiger partial charge in [-0.05, 0) is 11.6 Å². The Kier molecular flexibility index (Phi) is 4.71. The molecular weight excluding hydrogens is 270 g/mol. The lowest BCUT2D eigenvalue weighted by molar-refractivity contribution is -0.384. The van der Waals surface area contributed by atoms with Gasteiger partial charge in [0.05, 0.1) is 17.6 Å². The van der Waals surface area contributed by atoms with Gasteiger partial charge in [-0.3, -0.25) is 15.0 Å². The van der Waals surface area contributed by atoms with Crippen molar-refractivity contribution in [3.05, 3.63) is 38.9 Å². The van der Waals surface area contributed by atoms with E-state index in [-0.39, 0.29) is 16.8 Å². The summed E-state index contributed by atoms with van der Waals surface area (Å²) in [6, 6.07) is 4.90. The van der Waals surface area contributed by atoms with Crippen LogP contribution in [-0.2, 0) is 11.3 Å². The summed E-state index contributed by atoms with van der Waals surface area (Å²) in [7, 11) is 0. The topological polar surface area (TPSA) is 81.6 Å². The Bertz CT molecular complexity index is 470. The van der Waals surface area contributed by atoms with E-state index in [1.807, 2.05) is 6.07 Å². The van der Waals surface area contributed by atoms with Crippen LogP contribution in [0.3, 0.4) is 0 Å². The predicted molar refractivity (Wildman–Crippen MR) is 72.2 cm³/mol. The molecule has 0 saturated carbocycles. The summed E-state index contributed by atoms with van der Waals surface area (Å²) in [5, 5.41) is 11.0. The summed E-state index contributed by atoms with van der Waals surface area (Å²) in [4.78, 5) is 12.5. The molecule has 1 aromatic carbocycles. The van der Waals surface area contributed by atoms with E-state index in [2.05, 4.69) is 4.90 Å². The molecule has 0 bridgehead atoms. The van der Waals surface area contributed by atoms with Crippen LogP contribution in [0.1, 0.15) is 5.56 Å². The molecular formula is C12H16ClN3O3. The van der Waals surface area contributed by atoms with E-state index in [9.17, 15) is 10.1 Å². The van der Waals surface area contributed by atoms with Crippen LogP contribution in [0.2, 0.25) is 5.02 Å². The van der Waals surface area contributed by atoms with Crippen molar-refractivity contribution in [1.82, 2.24) is 4.90 Å². The SMILES string of the molecule is NCC1CN(Cc2ccc(Cl)c([N+](=O)[O-])c2)CCO1. The van der Waals surface area contributed by atoms with E-state index in [0.717, 1.165) is 18.7 Å². The van der Waals surface area contributed by atoms with Crippen LogP contribution < -0.4 is 5.73 Å². The second kappa shape index (κ2) is 6.29. The summed E-state index contributed by atoms with van der Waals surface area (Å²) in [6.45, 7) is 3.30. The zero-order valence-corrected chi connectivity index (χ0v) is 11.2. The standard InChI is InChI=1S/C12H16ClN3O3/c13-11-2-1-9(5-12(11)16(17)18)7-15-3-4-19-10(6-14)8-15/h1-2,5,10H,3-4,6-8,14H2. The van der Waals surface area contributed by atoms with Crippen molar-refractivity contribution < 1.29 is 9.66 Å². The number of nitro benzene ring substituents is 1. The summed E-state index contributed by atoms with van der Waals surface area (Å²) in [5.41, 5.74) is 6.40. The van der Waals surface area contributed by atoms with Crippen LogP contribution in [0.15, 0.2) is 18.2 Å². The fraction of sp³-hybridized carbons (Fsp3) is 0.500. The summed E-state index contributed by atoms with van der Waals surface area (Å²) >= 11 is 5.79. The van der Waals surface area contributed by atoms with Crippen LogP contribution in [0.25, 0.3) is 0 Å². The quantitative estimate of drug-likeness (QED) is 0.668. The number of hydrogen-bond donors (Lipinski definition) is 1. The first-order valence-corrected chi connectivity index (χ1v) is 6.45. The molecule has 1 fully saturated rings. The number of ether oxygens (including phenoxy) is 1. The molecule has 1 aliphatic heterocycles. The highest BCUT2D eigenvalue weighted by atomic mass is 35.5. The third-order valence-corrected chi connectivity index (χ3v) is 3.42. The van der Waals surface area contributed by atoms with Gasteiger partial charge in [0.2, 0.25) is 0 Å². The molecule has 1 aromatic rings. The summed E-state index contributed by atoms with van der Waals surface area (Å²) in [6.07, 6.45) is 0.0380. The average Bonchev–Trinajstić information content (AvgIpc) is 2.41. The minimum absolute atomic E-state index is 0.0380. The number of morpholine rings is 1. The Hall–Kier alpha value is -1.21. The van der Waals surface area contributed by atoms with Crippen molar-refractivity contribution in [1.29, 1.82) is 0 Å². The molecule has 2 rings (SSSR count). The van der Waals surface area contributed by atoms with Crippen LogP contribution in [0, 0.1) is 10.1 Å². The minimum atomic E-state index is -0.464. The van der Waals surface area contributed by atoms with E-state index in [4.69, 9.17) is 22.1 Å². The maximum absolute atomic E-state index is 10.8. The Balaban J connectivity index is 2.06. The first-order valence-electron chi connectivity index (χ1n) is 6.07. The molecule has 0 aromatic heterocycles. The van der Waals surface area contributed by atoms with E-state index < -0.39 is 4.92 Å². The van der Waals surface area contributed by atoms with Crippen LogP contribution in [-0.4, -0.2) is 42.2 Å². The zero-order valence-electron chi connectivity index (χ0n) is 10.4. The van der Waals surface area contributed by atoms with Crippen LogP contribution in [0.4, 0.5) is 5.69 Å². The molecule has 1 heterocycles. The van der Waals surface area contributed by atoms with Gasteiger partial charge in [0.1, 0.15) is 5.02 Å². The molecule has 19 heavy (non-hydrogen) atoms. The lowest BCUT2D eigenvalue weighted by atomic mass is 10.1. The fourth-order valence-corrected chi connectivity index (χ4v) is 2.31. The van der Waals surface area contributed by atoms with Crippen molar-refractivity contribution in [2.45, 2.75) is 12.6 Å². The number of rotatable bonds is 4. The Morgan fingerprint density at radius 3 is 3.05 bits per heavy atom. The second-order valence-corrected chi connectivity index (χ2v) is 4.91. The molecule has 7 heteroatoms. The van der Waals surface area contributed by atoms with Gasteiger partial charge in [-0.25, -0.2) is 0 Å². The molecule has 1 atom stereocenters. The molecule has 0 aliphatic carbocycles. The van der Waals surface area contributed by atoms with Gasteiger partial charge in [-0.15, -0.1) is 0 Å². The van der Waals surface area contributed by atoms with Crippen molar-refractivity contribution in [2.75, 3.05) is 26.2 Å². The highest BCUT2D eigenvalue weighted by Gasteiger charge is 2.20. The monoisotopic (exact) mass is 285 g/mol. The predicted octanol–water partition coefficient (Wildman–Crippen LogP) is 1.41. The largest absolute Gasteiger partial charge is 0.374 e. The average molecular weight is 286 g/mol. The Morgan fingerprint density at radius 2 is 2.37 bits per heavy atom. The Morgan fingerprint density at radius 1 is 1.58 bits per heavy atom. The lowest BCUT2D eigenvalue weighted by Crippen LogP contribution is -2.45. The summed E-state index contributed by atoms with van der Waals surface area (Å²) < 4.78 is 5.48. The minimum Gasteiger partial charge on any atom is -0.374 e. The van der Waals surface area contributed by atoms with E-state index in [1.165, 1.54) is 6.07 Å². The van der Waals surface area contributed by atoms with Gasteiger partial charge in [0, 0.05) is 32.2 Å². The van der Waals surface area contributed by atoms with E-state index >= 15 is 0 Å². The first kappa shape index (κ1) is 14.2. The number of nitrogens with zero attached hydrogens (tertiary/aromatic N) is 2. The molecule has 6 nitrogen and oxygen atoms in total. The van der Waals surface area contributed by atoms with Gasteiger partial charge in [0.15, 0.2) is 0 Å². The first-order chi connectivity index (χ1) is 9.10. The van der Waals surface area contributed by atoms with Crippen molar-refractivity contribution >= 4 is 17.3 Å². The second-order valence-electron chi connectivity index (χ2n) is 4.51. The van der Waals surface area contributed by atoms with Gasteiger partial charge in [-0.1, -0.05) is 17.7 Å². The highest BCUT2D eigenvalue weighted by molar-refractivity contribution is 6.32. The number of nitro groups is 1. The molecule has 1 saturated heterocycles. The zero-order chi connectivity index (χ0) is 13.8. The lowest BCUT2D eigenvalue weighted by Gasteiger charge is -2.32. The smallest absolute Gasteiger partial charge is 0.288 e. The number of nitrogens with two attached hydrogens (primary N) is 1. The maximum Gasteiger partial charge on any atom is 0.288 e. The van der Waals surface area contributed by atoms with Gasteiger partial charge < -0.3 is 10.5 Å². The molecule has 2 N–H and O–H groups in total. The molecule has 104 valence electrons. The molecule has 1 aliphatic rings. The third kappa shape index (κ3) is 3.63. The number of halogens is 1. The van der Waals surface area contributed by atoms with Gasteiger partial charge in [-0.2, -0.15) is 0 Å². The molecule has 1 unspecified atom stereocenters. The maximum atomic E-state index is 10.8. The van der Waals surface area contributed by atoms with Crippen molar-refractivity contribution in [3.8, 4) is 0 Å². The third-order valence-electron chi connectivity index (χ3n) is 3.10. The number of benzene rings is 1. The molecule has 0 amide bonds. The number of hydrogen-bond acceptors (Lipinski definition) is 5. The Labute approximate surface area is 116 Å². The highest BCUT2D eigenvalue weighted by Crippen LogP contribution is 2.25. The van der Waals surface area contributed by atoms with Crippen LogP contribution >= 0.6 is 11.6 Å². The summed E-state index contributed by atoms with van der Waals surface area (Å²) in [5.74, 6) is 0. The van der Waals surface area contributed by atoms with E-state index in [0.29, 0.717) is 19.7 Å².